The van der Waals surface area contributed by atoms with Gasteiger partial charge in [0.1, 0.15) is 11.1 Å². The number of rotatable bonds is 3. The number of thioether (sulfide) groups is 1. The van der Waals surface area contributed by atoms with Crippen molar-refractivity contribution in [3.8, 4) is 0 Å². The van der Waals surface area contributed by atoms with Gasteiger partial charge < -0.3 is 14.1 Å². The molecule has 0 saturated heterocycles. The average Bonchev–Trinajstić information content (AvgIpc) is 2.89. The van der Waals surface area contributed by atoms with Crippen molar-refractivity contribution in [1.29, 1.82) is 0 Å². The van der Waals surface area contributed by atoms with Gasteiger partial charge in [-0.2, -0.15) is 0 Å². The maximum absolute atomic E-state index is 12.8. The van der Waals surface area contributed by atoms with Gasteiger partial charge in [0.25, 0.3) is 5.91 Å². The van der Waals surface area contributed by atoms with Crippen LogP contribution in [0.5, 0.6) is 0 Å². The minimum absolute atomic E-state index is 0.225. The van der Waals surface area contributed by atoms with Gasteiger partial charge in [0.2, 0.25) is 0 Å². The number of esters is 1. The number of hydrogen-bond donors (Lipinski definition) is 0. The SMILES string of the molecule is C[C@@H]1CCN(C(=O)COC(=O)c2cc3ccccc3oc2=O)c2ccccc2S1. The molecule has 0 aliphatic carbocycles. The van der Waals surface area contributed by atoms with Crippen LogP contribution in [0, 0.1) is 0 Å². The molecule has 0 unspecified atom stereocenters. The summed E-state index contributed by atoms with van der Waals surface area (Å²) in [5, 5.41) is 0.983. The van der Waals surface area contributed by atoms with E-state index in [0.717, 1.165) is 17.0 Å². The smallest absolute Gasteiger partial charge is 0.351 e. The summed E-state index contributed by atoms with van der Waals surface area (Å²) in [4.78, 5) is 40.0. The highest BCUT2D eigenvalue weighted by Crippen LogP contribution is 2.37. The summed E-state index contributed by atoms with van der Waals surface area (Å²) in [7, 11) is 0. The molecular formula is C22H19NO5S. The molecule has 1 aliphatic rings. The molecule has 1 amide bonds. The zero-order valence-corrected chi connectivity index (χ0v) is 16.6. The van der Waals surface area contributed by atoms with Crippen LogP contribution in [0.2, 0.25) is 0 Å². The van der Waals surface area contributed by atoms with E-state index >= 15 is 0 Å². The molecule has 4 rings (SSSR count). The fourth-order valence-electron chi connectivity index (χ4n) is 3.23. The molecule has 29 heavy (non-hydrogen) atoms. The van der Waals surface area contributed by atoms with Crippen LogP contribution in [0.1, 0.15) is 23.7 Å². The first-order valence-electron chi connectivity index (χ1n) is 9.29. The lowest BCUT2D eigenvalue weighted by Gasteiger charge is -2.22. The number of amides is 1. The number of fused-ring (bicyclic) bond motifs is 2. The minimum Gasteiger partial charge on any atom is -0.452 e. The lowest BCUT2D eigenvalue weighted by atomic mass is 10.2. The molecule has 2 aromatic carbocycles. The second-order valence-corrected chi connectivity index (χ2v) is 8.27. The third-order valence-electron chi connectivity index (χ3n) is 4.73. The molecule has 0 fully saturated rings. The van der Waals surface area contributed by atoms with Crippen LogP contribution >= 0.6 is 11.8 Å². The molecule has 0 radical (unpaired) electrons. The Bertz CT molecular complexity index is 1140. The Morgan fingerprint density at radius 1 is 1.17 bits per heavy atom. The van der Waals surface area contributed by atoms with E-state index in [1.165, 1.54) is 6.07 Å². The van der Waals surface area contributed by atoms with Gasteiger partial charge in [-0.1, -0.05) is 37.3 Å². The topological polar surface area (TPSA) is 76.8 Å². The third kappa shape index (κ3) is 4.05. The quantitative estimate of drug-likeness (QED) is 0.483. The van der Waals surface area contributed by atoms with Gasteiger partial charge in [0.05, 0.1) is 5.69 Å². The number of anilines is 1. The van der Waals surface area contributed by atoms with E-state index in [1.54, 1.807) is 40.9 Å². The van der Waals surface area contributed by atoms with E-state index in [9.17, 15) is 14.4 Å². The molecule has 0 spiro atoms. The summed E-state index contributed by atoms with van der Waals surface area (Å²) in [5.41, 5.74) is 0.189. The predicted octanol–water partition coefficient (Wildman–Crippen LogP) is 3.87. The largest absolute Gasteiger partial charge is 0.452 e. The van der Waals surface area contributed by atoms with E-state index in [-0.39, 0.29) is 11.5 Å². The maximum Gasteiger partial charge on any atom is 0.351 e. The summed E-state index contributed by atoms with van der Waals surface area (Å²) < 4.78 is 10.3. The summed E-state index contributed by atoms with van der Waals surface area (Å²) >= 11 is 1.72. The summed E-state index contributed by atoms with van der Waals surface area (Å²) in [6.07, 6.45) is 0.827. The monoisotopic (exact) mass is 409 g/mol. The molecule has 0 N–H and O–H groups in total. The van der Waals surface area contributed by atoms with Crippen molar-refractivity contribution in [3.05, 3.63) is 70.6 Å². The van der Waals surface area contributed by atoms with Crippen LogP contribution in [0.25, 0.3) is 11.0 Å². The standard InChI is InChI=1S/C22H19NO5S/c1-14-10-11-23(17-7-3-5-9-19(17)29-14)20(24)13-27-21(25)16-12-15-6-2-4-8-18(15)28-22(16)26/h2-9,12,14H,10-11,13H2,1H3/t14-/m1/s1. The van der Waals surface area contributed by atoms with Crippen molar-refractivity contribution in [2.24, 2.45) is 0 Å². The van der Waals surface area contributed by atoms with Gasteiger partial charge in [0.15, 0.2) is 6.61 Å². The van der Waals surface area contributed by atoms with Crippen LogP contribution in [0.4, 0.5) is 5.69 Å². The van der Waals surface area contributed by atoms with E-state index in [1.807, 2.05) is 24.3 Å². The fourth-order valence-corrected chi connectivity index (χ4v) is 4.35. The van der Waals surface area contributed by atoms with Crippen LogP contribution in [0.3, 0.4) is 0 Å². The number of hydrogen-bond acceptors (Lipinski definition) is 6. The van der Waals surface area contributed by atoms with Gasteiger partial charge in [-0.05, 0) is 30.7 Å². The highest BCUT2D eigenvalue weighted by atomic mass is 32.2. The lowest BCUT2D eigenvalue weighted by Crippen LogP contribution is -2.36. The molecule has 3 aromatic rings. The molecule has 148 valence electrons. The van der Waals surface area contributed by atoms with Gasteiger partial charge >= 0.3 is 11.6 Å². The second kappa shape index (κ2) is 8.13. The number of carbonyl (C=O) groups excluding carboxylic acids is 2. The maximum atomic E-state index is 12.8. The number of para-hydroxylation sites is 2. The third-order valence-corrected chi connectivity index (χ3v) is 5.97. The average molecular weight is 409 g/mol. The number of nitrogens with zero attached hydrogens (tertiary/aromatic N) is 1. The highest BCUT2D eigenvalue weighted by molar-refractivity contribution is 8.00. The molecule has 2 heterocycles. The lowest BCUT2D eigenvalue weighted by molar-refractivity contribution is -0.121. The summed E-state index contributed by atoms with van der Waals surface area (Å²) in [6, 6.07) is 16.0. The summed E-state index contributed by atoms with van der Waals surface area (Å²) in [5.74, 6) is -1.20. The van der Waals surface area contributed by atoms with E-state index in [4.69, 9.17) is 9.15 Å². The normalized spacial score (nSPS) is 16.2. The second-order valence-electron chi connectivity index (χ2n) is 6.79. The summed E-state index contributed by atoms with van der Waals surface area (Å²) in [6.45, 7) is 2.21. The van der Waals surface area contributed by atoms with E-state index < -0.39 is 18.2 Å². The molecule has 0 bridgehead atoms. The van der Waals surface area contributed by atoms with E-state index in [0.29, 0.717) is 22.8 Å². The first-order valence-corrected chi connectivity index (χ1v) is 10.2. The van der Waals surface area contributed by atoms with E-state index in [2.05, 4.69) is 6.92 Å². The fraction of sp³-hybridized carbons (Fsp3) is 0.227. The predicted molar refractivity (Wildman–Crippen MR) is 111 cm³/mol. The first-order chi connectivity index (χ1) is 14.0. The Morgan fingerprint density at radius 3 is 2.79 bits per heavy atom. The number of carbonyl (C=O) groups is 2. The molecule has 7 heteroatoms. The van der Waals surface area contributed by atoms with Crippen molar-refractivity contribution < 1.29 is 18.7 Å². The van der Waals surface area contributed by atoms with Gasteiger partial charge in [-0.15, -0.1) is 11.8 Å². The number of benzene rings is 2. The van der Waals surface area contributed by atoms with Crippen molar-refractivity contribution in [2.45, 2.75) is 23.5 Å². The van der Waals surface area contributed by atoms with Crippen LogP contribution in [0.15, 0.2) is 68.7 Å². The Morgan fingerprint density at radius 2 is 1.93 bits per heavy atom. The van der Waals surface area contributed by atoms with Crippen molar-refractivity contribution >= 4 is 40.3 Å². The zero-order chi connectivity index (χ0) is 20.4. The zero-order valence-electron chi connectivity index (χ0n) is 15.8. The molecule has 1 atom stereocenters. The molecule has 0 saturated carbocycles. The first kappa shape index (κ1) is 19.3. The van der Waals surface area contributed by atoms with Gasteiger partial charge in [-0.25, -0.2) is 9.59 Å². The molecule has 1 aliphatic heterocycles. The van der Waals surface area contributed by atoms with Crippen LogP contribution in [-0.2, 0) is 9.53 Å². The van der Waals surface area contributed by atoms with Gasteiger partial charge in [-0.3, -0.25) is 4.79 Å². The van der Waals surface area contributed by atoms with Crippen molar-refractivity contribution in [2.75, 3.05) is 18.1 Å². The Labute approximate surface area is 171 Å². The Hall–Kier alpha value is -3.06. The molecular weight excluding hydrogens is 390 g/mol. The minimum atomic E-state index is -0.872. The highest BCUT2D eigenvalue weighted by Gasteiger charge is 2.25. The van der Waals surface area contributed by atoms with Crippen LogP contribution in [-0.4, -0.2) is 30.3 Å². The Kier molecular flexibility index (Phi) is 5.40. The van der Waals surface area contributed by atoms with Crippen molar-refractivity contribution in [1.82, 2.24) is 0 Å². The number of ether oxygens (including phenoxy) is 1. The Balaban J connectivity index is 1.51. The van der Waals surface area contributed by atoms with Gasteiger partial charge in [0, 0.05) is 22.1 Å². The van der Waals surface area contributed by atoms with Crippen molar-refractivity contribution in [3.63, 3.8) is 0 Å². The molecule has 1 aromatic heterocycles. The molecule has 6 nitrogen and oxygen atoms in total. The van der Waals surface area contributed by atoms with Crippen LogP contribution < -0.4 is 10.5 Å².